The number of benzene rings is 1. The summed E-state index contributed by atoms with van der Waals surface area (Å²) in [6.45, 7) is 1.68. The molecule has 2 rings (SSSR count). The van der Waals surface area contributed by atoms with E-state index in [-0.39, 0.29) is 11.9 Å². The number of amides is 3. The lowest BCUT2D eigenvalue weighted by Gasteiger charge is -2.18. The van der Waals surface area contributed by atoms with E-state index in [4.69, 9.17) is 4.74 Å². The van der Waals surface area contributed by atoms with Gasteiger partial charge in [0, 0.05) is 11.7 Å². The highest BCUT2D eigenvalue weighted by Crippen LogP contribution is 2.17. The fourth-order valence-electron chi connectivity index (χ4n) is 2.50. The molecule has 1 fully saturated rings. The van der Waals surface area contributed by atoms with E-state index < -0.39 is 12.1 Å². The van der Waals surface area contributed by atoms with Crippen LogP contribution in [0.4, 0.5) is 10.5 Å². The summed E-state index contributed by atoms with van der Waals surface area (Å²) in [5.41, 5.74) is 0.640. The molecule has 0 unspecified atom stereocenters. The van der Waals surface area contributed by atoms with Crippen molar-refractivity contribution in [3.63, 3.8) is 0 Å². The number of nitrogens with one attached hydrogen (secondary N) is 3. The van der Waals surface area contributed by atoms with Crippen LogP contribution in [0, 0.1) is 0 Å². The van der Waals surface area contributed by atoms with Crippen molar-refractivity contribution >= 4 is 17.6 Å². The Morgan fingerprint density at radius 3 is 2.41 bits per heavy atom. The predicted octanol–water partition coefficient (Wildman–Crippen LogP) is 2.26. The van der Waals surface area contributed by atoms with Crippen LogP contribution in [0.5, 0.6) is 5.75 Å². The first kappa shape index (κ1) is 16.1. The lowest BCUT2D eigenvalue weighted by atomic mass is 10.2. The van der Waals surface area contributed by atoms with Gasteiger partial charge in [-0.25, -0.2) is 4.79 Å². The maximum atomic E-state index is 12.0. The molecule has 6 heteroatoms. The van der Waals surface area contributed by atoms with Crippen molar-refractivity contribution < 1.29 is 14.3 Å². The Morgan fingerprint density at radius 1 is 1.18 bits per heavy atom. The Labute approximate surface area is 130 Å². The van der Waals surface area contributed by atoms with Crippen LogP contribution < -0.4 is 20.7 Å². The maximum Gasteiger partial charge on any atom is 0.319 e. The highest BCUT2D eigenvalue weighted by Gasteiger charge is 2.21. The fourth-order valence-corrected chi connectivity index (χ4v) is 2.50. The molecule has 0 saturated heterocycles. The molecule has 1 aliphatic rings. The molecule has 1 atom stereocenters. The van der Waals surface area contributed by atoms with E-state index in [2.05, 4.69) is 16.0 Å². The van der Waals surface area contributed by atoms with Gasteiger partial charge in [-0.05, 0) is 44.0 Å². The molecule has 6 nitrogen and oxygen atoms in total. The molecule has 1 saturated carbocycles. The molecule has 0 bridgehead atoms. The van der Waals surface area contributed by atoms with Crippen LogP contribution in [0.1, 0.15) is 32.6 Å². The van der Waals surface area contributed by atoms with E-state index in [1.165, 1.54) is 0 Å². The van der Waals surface area contributed by atoms with Crippen LogP contribution in [-0.4, -0.2) is 31.1 Å². The van der Waals surface area contributed by atoms with Gasteiger partial charge < -0.3 is 20.7 Å². The van der Waals surface area contributed by atoms with Gasteiger partial charge in [-0.15, -0.1) is 0 Å². The van der Waals surface area contributed by atoms with Crippen LogP contribution in [0.3, 0.4) is 0 Å². The zero-order valence-electron chi connectivity index (χ0n) is 13.0. The number of hydrogen-bond donors (Lipinski definition) is 3. The van der Waals surface area contributed by atoms with Gasteiger partial charge >= 0.3 is 6.03 Å². The summed E-state index contributed by atoms with van der Waals surface area (Å²) >= 11 is 0. The van der Waals surface area contributed by atoms with Crippen LogP contribution >= 0.6 is 0 Å². The minimum atomic E-state index is -0.571. The molecule has 3 N–H and O–H groups in total. The maximum absolute atomic E-state index is 12.0. The Morgan fingerprint density at radius 2 is 1.82 bits per heavy atom. The SMILES string of the molecule is COc1ccc(NC(=O)N[C@H](C)C(=O)NC2CCCC2)cc1. The minimum Gasteiger partial charge on any atom is -0.497 e. The number of rotatable bonds is 5. The molecule has 0 aliphatic heterocycles. The van der Waals surface area contributed by atoms with E-state index in [9.17, 15) is 9.59 Å². The van der Waals surface area contributed by atoms with Gasteiger partial charge in [-0.1, -0.05) is 12.8 Å². The van der Waals surface area contributed by atoms with Crippen molar-refractivity contribution in [1.82, 2.24) is 10.6 Å². The Balaban J connectivity index is 1.78. The number of carbonyl (C=O) groups is 2. The fraction of sp³-hybridized carbons (Fsp3) is 0.500. The van der Waals surface area contributed by atoms with Gasteiger partial charge in [0.25, 0.3) is 0 Å². The average molecular weight is 305 g/mol. The van der Waals surface area contributed by atoms with Gasteiger partial charge in [0.15, 0.2) is 0 Å². The van der Waals surface area contributed by atoms with E-state index in [0.717, 1.165) is 31.4 Å². The van der Waals surface area contributed by atoms with Gasteiger partial charge in [0.1, 0.15) is 11.8 Å². The summed E-state index contributed by atoms with van der Waals surface area (Å²) in [6.07, 6.45) is 4.36. The molecule has 0 heterocycles. The van der Waals surface area contributed by atoms with E-state index in [1.54, 1.807) is 38.3 Å². The monoisotopic (exact) mass is 305 g/mol. The number of ether oxygens (including phenoxy) is 1. The van der Waals surface area contributed by atoms with Crippen molar-refractivity contribution in [3.8, 4) is 5.75 Å². The van der Waals surface area contributed by atoms with E-state index >= 15 is 0 Å². The largest absolute Gasteiger partial charge is 0.497 e. The summed E-state index contributed by atoms with van der Waals surface area (Å²) in [7, 11) is 1.58. The third kappa shape index (κ3) is 4.65. The molecule has 0 radical (unpaired) electrons. The average Bonchev–Trinajstić information content (AvgIpc) is 3.00. The molecule has 22 heavy (non-hydrogen) atoms. The molecule has 1 aromatic rings. The first-order valence-electron chi connectivity index (χ1n) is 7.60. The summed E-state index contributed by atoms with van der Waals surface area (Å²) < 4.78 is 5.05. The molecule has 0 aromatic heterocycles. The van der Waals surface area contributed by atoms with Crippen molar-refractivity contribution in [1.29, 1.82) is 0 Å². The molecule has 120 valence electrons. The quantitative estimate of drug-likeness (QED) is 0.780. The summed E-state index contributed by atoms with van der Waals surface area (Å²) in [5.74, 6) is 0.576. The third-order valence-corrected chi connectivity index (χ3v) is 3.79. The minimum absolute atomic E-state index is 0.142. The van der Waals surface area contributed by atoms with Gasteiger partial charge in [-0.3, -0.25) is 4.79 Å². The second-order valence-electron chi connectivity index (χ2n) is 5.54. The molecule has 1 aromatic carbocycles. The second kappa shape index (κ2) is 7.68. The normalized spacial score (nSPS) is 15.9. The zero-order valence-corrected chi connectivity index (χ0v) is 13.0. The number of anilines is 1. The first-order valence-corrected chi connectivity index (χ1v) is 7.60. The second-order valence-corrected chi connectivity index (χ2v) is 5.54. The highest BCUT2D eigenvalue weighted by atomic mass is 16.5. The van der Waals surface area contributed by atoms with E-state index in [0.29, 0.717) is 5.69 Å². The number of hydrogen-bond acceptors (Lipinski definition) is 3. The number of methoxy groups -OCH3 is 1. The predicted molar refractivity (Wildman–Crippen MR) is 85.0 cm³/mol. The van der Waals surface area contributed by atoms with Crippen molar-refractivity contribution in [2.45, 2.75) is 44.7 Å². The van der Waals surface area contributed by atoms with Gasteiger partial charge in [0.2, 0.25) is 5.91 Å². The van der Waals surface area contributed by atoms with Crippen LogP contribution in [0.25, 0.3) is 0 Å². The van der Waals surface area contributed by atoms with Crippen LogP contribution in [-0.2, 0) is 4.79 Å². The molecule has 1 aliphatic carbocycles. The molecular weight excluding hydrogens is 282 g/mol. The lowest BCUT2D eigenvalue weighted by Crippen LogP contribution is -2.48. The standard InChI is InChI=1S/C16H23N3O3/c1-11(15(20)18-12-5-3-4-6-12)17-16(21)19-13-7-9-14(22-2)10-8-13/h7-12H,3-6H2,1-2H3,(H,18,20)(H2,17,19,21)/t11-/m1/s1. The molecular formula is C16H23N3O3. The molecule has 0 spiro atoms. The summed E-state index contributed by atoms with van der Waals surface area (Å²) in [5, 5.41) is 8.29. The topological polar surface area (TPSA) is 79.5 Å². The Hall–Kier alpha value is -2.24. The molecule has 3 amide bonds. The smallest absolute Gasteiger partial charge is 0.319 e. The van der Waals surface area contributed by atoms with Crippen molar-refractivity contribution in [3.05, 3.63) is 24.3 Å². The summed E-state index contributed by atoms with van der Waals surface area (Å²) in [4.78, 5) is 23.9. The van der Waals surface area contributed by atoms with Crippen molar-refractivity contribution in [2.75, 3.05) is 12.4 Å². The lowest BCUT2D eigenvalue weighted by molar-refractivity contribution is -0.123. The Kier molecular flexibility index (Phi) is 5.63. The van der Waals surface area contributed by atoms with Gasteiger partial charge in [0.05, 0.1) is 7.11 Å². The van der Waals surface area contributed by atoms with Crippen LogP contribution in [0.2, 0.25) is 0 Å². The van der Waals surface area contributed by atoms with Crippen molar-refractivity contribution in [2.24, 2.45) is 0 Å². The number of carbonyl (C=O) groups excluding carboxylic acids is 2. The summed E-state index contributed by atoms with van der Waals surface area (Å²) in [6, 6.07) is 6.26. The number of urea groups is 1. The van der Waals surface area contributed by atoms with Gasteiger partial charge in [-0.2, -0.15) is 0 Å². The van der Waals surface area contributed by atoms with Crippen LogP contribution in [0.15, 0.2) is 24.3 Å². The van der Waals surface area contributed by atoms with E-state index in [1.807, 2.05) is 0 Å². The first-order chi connectivity index (χ1) is 10.6. The third-order valence-electron chi connectivity index (χ3n) is 3.79. The highest BCUT2D eigenvalue weighted by molar-refractivity contribution is 5.93. The zero-order chi connectivity index (χ0) is 15.9. The Bertz CT molecular complexity index is 510.